The Kier molecular flexibility index (Phi) is 73.1. The first-order chi connectivity index (χ1) is 56.2. The first-order valence-electron chi connectivity index (χ1n) is 42.7. The van der Waals surface area contributed by atoms with Gasteiger partial charge in [-0.15, -0.1) is 0 Å². The minimum absolute atomic E-state index is 0.0125. The van der Waals surface area contributed by atoms with Crippen molar-refractivity contribution in [3.05, 3.63) is 35.9 Å². The average molecular weight is 1760 g/mol. The van der Waals surface area contributed by atoms with E-state index in [0.29, 0.717) is 0 Å². The topological polar surface area (TPSA) is 365 Å². The molecule has 0 radical (unpaired) electrons. The van der Waals surface area contributed by atoms with Crippen molar-refractivity contribution in [2.75, 3.05) is 83.1 Å². The van der Waals surface area contributed by atoms with Crippen LogP contribution in [-0.4, -0.2) is 189 Å². The second-order valence-electron chi connectivity index (χ2n) is 34.8. The van der Waals surface area contributed by atoms with Crippen LogP contribution >= 0.6 is 11.8 Å². The Bertz CT molecular complexity index is 3100. The van der Waals surface area contributed by atoms with Crippen LogP contribution in [0.1, 0.15) is 276 Å². The lowest BCUT2D eigenvalue weighted by Gasteiger charge is -2.32. The number of ketones is 8. The molecule has 0 aliphatic rings. The van der Waals surface area contributed by atoms with Gasteiger partial charge in [0.05, 0.1) is 138 Å². The van der Waals surface area contributed by atoms with Gasteiger partial charge in [-0.3, -0.25) is 76.7 Å². The molecule has 0 N–H and O–H groups in total. The van der Waals surface area contributed by atoms with E-state index < -0.39 is 23.4 Å². The Balaban J connectivity index is -0.000000248. The summed E-state index contributed by atoms with van der Waals surface area (Å²) < 4.78 is 47.2. The maximum absolute atomic E-state index is 12.1. The largest absolute Gasteiger partial charge is 0.469 e. The number of carbonyl (C=O) groups is 16. The van der Waals surface area contributed by atoms with Gasteiger partial charge in [-0.25, -0.2) is 0 Å². The molecule has 0 aromatic heterocycles. The van der Waals surface area contributed by atoms with Crippen molar-refractivity contribution < 1.29 is 124 Å². The molecule has 0 unspecified atom stereocenters. The summed E-state index contributed by atoms with van der Waals surface area (Å²) in [5.41, 5.74) is 0.0158. The predicted octanol–water partition coefficient (Wildman–Crippen LogP) is 17.3. The van der Waals surface area contributed by atoms with Gasteiger partial charge in [0.1, 0.15) is 46.3 Å². The molecule has 27 heteroatoms. The molecule has 0 aliphatic heterocycles. The van der Waals surface area contributed by atoms with E-state index >= 15 is 0 Å². The van der Waals surface area contributed by atoms with Crippen LogP contribution in [0, 0.1) is 112 Å². The highest BCUT2D eigenvalue weighted by atomic mass is 32.2. The highest BCUT2D eigenvalue weighted by Crippen LogP contribution is 2.33. The van der Waals surface area contributed by atoms with Crippen molar-refractivity contribution in [2.45, 2.75) is 282 Å². The number of hydrogen-bond acceptors (Lipinski definition) is 27. The van der Waals surface area contributed by atoms with E-state index in [1.54, 1.807) is 32.5 Å². The minimum Gasteiger partial charge on any atom is -0.469 e. The molecule has 0 amide bonds. The first-order valence-corrected chi connectivity index (χ1v) is 44.1. The summed E-state index contributed by atoms with van der Waals surface area (Å²) in [7, 11) is 13.8. The standard InChI is InChI=1S/C14H18O3.C12H22O4.3C12H22O3.C11H20O4.C11H20O3S.C11H20O3/c1-10(2)14(16)12(9-13(15)17-3)11-7-5-4-6-8-11;1-8(2)11(14)9(7-10(13)15-5)12(3,4)16-6;1-8(2)11(14)9(12(3,4)5)7-10(13)15-6;2*1-6-9(4)10(7-11(13)15-5)12(14)8(2)3;1-7(2)11(13)9(8(3)14-4)6-10(12)15-5;1-8(2)11(13)9(5-6-15-4)7-10(12)14-3;1-7(2)9(6-10(12)14-5)11(13)8(3)4/h4-8,10,12H,9H2,1-3H3;8-9H,7H2,1-6H3;8-9H,7H2,1-6H3;2*8-10H,6-7H2,1-5H3;7-9H,6H2,1-5H3;8-9H,5-7H2,1-4H3;7-9H,6H2,1-5H3/t12-;2*9-;9-,10+;9-,10-;8-,9-;2*9-/m01110000/s1. The molecule has 11 atom stereocenters. The van der Waals surface area contributed by atoms with Gasteiger partial charge < -0.3 is 47.4 Å². The van der Waals surface area contributed by atoms with Crippen LogP contribution in [0.3, 0.4) is 0 Å². The molecule has 1 aromatic rings. The van der Waals surface area contributed by atoms with Crippen molar-refractivity contribution in [2.24, 2.45) is 112 Å². The Morgan fingerprint density at radius 1 is 0.320 bits per heavy atom. The van der Waals surface area contributed by atoms with Crippen LogP contribution in [0.5, 0.6) is 0 Å². The maximum Gasteiger partial charge on any atom is 0.306 e. The molecule has 0 heterocycles. The normalized spacial score (nSPS) is 13.7. The average Bonchev–Trinajstić information content (AvgIpc) is 0.822. The van der Waals surface area contributed by atoms with Crippen LogP contribution in [-0.2, 0) is 124 Å². The zero-order valence-electron chi connectivity index (χ0n) is 82.4. The summed E-state index contributed by atoms with van der Waals surface area (Å²) in [6.07, 6.45) is 5.57. The number of benzene rings is 1. The van der Waals surface area contributed by atoms with Gasteiger partial charge in [0.25, 0.3) is 0 Å². The predicted molar refractivity (Wildman–Crippen MR) is 479 cm³/mol. The molecule has 0 bridgehead atoms. The molecule has 0 fully saturated rings. The third-order valence-corrected chi connectivity index (χ3v) is 21.7. The lowest BCUT2D eigenvalue weighted by molar-refractivity contribution is -0.151. The molecule has 1 aromatic carbocycles. The fraction of sp³-hybridized carbons (Fsp3) is 0.768. The number of rotatable bonds is 45. The van der Waals surface area contributed by atoms with Gasteiger partial charge in [0.15, 0.2) is 0 Å². The smallest absolute Gasteiger partial charge is 0.306 e. The van der Waals surface area contributed by atoms with Gasteiger partial charge in [0.2, 0.25) is 0 Å². The summed E-state index contributed by atoms with van der Waals surface area (Å²) in [4.78, 5) is 185. The molecule has 26 nitrogen and oxygen atoms in total. The van der Waals surface area contributed by atoms with E-state index in [0.717, 1.165) is 30.6 Å². The van der Waals surface area contributed by atoms with Crippen molar-refractivity contribution in [3.8, 4) is 0 Å². The fourth-order valence-corrected chi connectivity index (χ4v) is 12.4. The van der Waals surface area contributed by atoms with E-state index in [1.165, 1.54) is 71.1 Å². The van der Waals surface area contributed by atoms with Crippen LogP contribution in [0.15, 0.2) is 30.3 Å². The second-order valence-corrected chi connectivity index (χ2v) is 35.8. The lowest BCUT2D eigenvalue weighted by atomic mass is 9.74. The molecule has 122 heavy (non-hydrogen) atoms. The zero-order valence-corrected chi connectivity index (χ0v) is 83.3. The fourth-order valence-electron chi connectivity index (χ4n) is 11.9. The van der Waals surface area contributed by atoms with Crippen molar-refractivity contribution in [1.29, 1.82) is 0 Å². The number of methoxy groups -OCH3 is 10. The highest BCUT2D eigenvalue weighted by Gasteiger charge is 2.39. The van der Waals surface area contributed by atoms with E-state index in [2.05, 4.69) is 37.9 Å². The summed E-state index contributed by atoms with van der Waals surface area (Å²) in [5, 5.41) is 0. The van der Waals surface area contributed by atoms with Crippen LogP contribution in [0.25, 0.3) is 0 Å². The number of Topliss-reactive ketones (excluding diaryl/α,β-unsaturated/α-hetero) is 8. The van der Waals surface area contributed by atoms with Crippen molar-refractivity contribution >= 4 is 106 Å². The van der Waals surface area contributed by atoms with E-state index in [-0.39, 0.29) is 252 Å². The Morgan fingerprint density at radius 3 is 0.869 bits per heavy atom. The van der Waals surface area contributed by atoms with Crippen molar-refractivity contribution in [3.63, 3.8) is 0 Å². The monoisotopic (exact) mass is 1760 g/mol. The van der Waals surface area contributed by atoms with Gasteiger partial charge >= 0.3 is 47.8 Å². The number of thioether (sulfide) groups is 1. The Morgan fingerprint density at radius 2 is 0.590 bits per heavy atom. The number of ether oxygens (including phenoxy) is 10. The van der Waals surface area contributed by atoms with Gasteiger partial charge in [0, 0.05) is 91.2 Å². The molecule has 0 saturated carbocycles. The van der Waals surface area contributed by atoms with Crippen molar-refractivity contribution in [1.82, 2.24) is 0 Å². The van der Waals surface area contributed by atoms with Crippen LogP contribution in [0.4, 0.5) is 0 Å². The SMILES string of the molecule is CC[C@@H](C)[C@H](CC(=O)OC)C(=O)C(C)C.CC[C@H](C)[C@H](CC(=O)OC)C(=O)C(C)C.COC(=O)C[C@H](C(=O)C(C)C)C(C)(C)C.COC(=O)C[C@H](C(=O)C(C)C)C(C)(C)OC.COC(=O)C[C@H](C(=O)C(C)C)C(C)C.COC(=O)C[C@H](C(=O)C(C)C)[C@H](C)OC.COC(=O)C[C@H](C(=O)C(C)C)c1ccccc1.COC(=O)C[C@H](CCSC)C(=O)C(C)C. The maximum atomic E-state index is 12.1. The summed E-state index contributed by atoms with van der Waals surface area (Å²) in [6, 6.07) is 9.36. The second kappa shape index (κ2) is 69.9. The number of esters is 8. The molecular formula is C95H166O26S. The molecule has 1 rings (SSSR count). The Hall–Kier alpha value is -7.39. The zero-order chi connectivity index (χ0) is 97.2. The van der Waals surface area contributed by atoms with Gasteiger partial charge in [-0.2, -0.15) is 11.8 Å². The summed E-state index contributed by atoms with van der Waals surface area (Å²) in [5.74, 6) is -2.91. The number of carbonyl (C=O) groups excluding carboxylic acids is 16. The molecule has 0 spiro atoms. The van der Waals surface area contributed by atoms with Crippen LogP contribution < -0.4 is 0 Å². The molecule has 0 aliphatic carbocycles. The highest BCUT2D eigenvalue weighted by molar-refractivity contribution is 7.98. The quantitative estimate of drug-likeness (QED) is 0.0432. The Labute approximate surface area is 739 Å². The van der Waals surface area contributed by atoms with E-state index in [1.807, 2.05) is 210 Å². The molecule has 708 valence electrons. The third-order valence-electron chi connectivity index (χ3n) is 21.0. The van der Waals surface area contributed by atoms with Gasteiger partial charge in [-0.05, 0) is 67.9 Å². The molecular weight excluding hydrogens is 1590 g/mol. The first kappa shape index (κ1) is 128. The van der Waals surface area contributed by atoms with Gasteiger partial charge in [-0.1, -0.05) is 216 Å². The molecule has 0 saturated heterocycles. The lowest BCUT2D eigenvalue weighted by Crippen LogP contribution is -2.42. The third kappa shape index (κ3) is 56.5. The summed E-state index contributed by atoms with van der Waals surface area (Å²) in [6.45, 7) is 52.9. The van der Waals surface area contributed by atoms with E-state index in [9.17, 15) is 76.7 Å². The summed E-state index contributed by atoms with van der Waals surface area (Å²) >= 11 is 1.69. The minimum atomic E-state index is -0.657. The van der Waals surface area contributed by atoms with Crippen LogP contribution in [0.2, 0.25) is 0 Å². The van der Waals surface area contributed by atoms with E-state index in [4.69, 9.17) is 9.47 Å². The number of hydrogen-bond donors (Lipinski definition) is 0.